The van der Waals surface area contributed by atoms with Gasteiger partial charge in [0, 0.05) is 30.2 Å². The third-order valence-corrected chi connectivity index (χ3v) is 4.05. The van der Waals surface area contributed by atoms with Crippen molar-refractivity contribution in [3.05, 3.63) is 29.2 Å². The Balaban J connectivity index is 0.00000288. The Bertz CT molecular complexity index is 728. The first-order valence-electron chi connectivity index (χ1n) is 7.45. The molecule has 0 atom stereocenters. The molecule has 1 aromatic carbocycles. The number of rotatable bonds is 6. The zero-order valence-electron chi connectivity index (χ0n) is 14.7. The highest BCUT2D eigenvalue weighted by Gasteiger charge is 2.19. The molecule has 0 aliphatic rings. The number of esters is 1. The van der Waals surface area contributed by atoms with E-state index in [0.717, 1.165) is 28.7 Å². The lowest BCUT2D eigenvalue weighted by atomic mass is 10.1. The molecule has 24 heavy (non-hydrogen) atoms. The second kappa shape index (κ2) is 8.35. The molecule has 2 aromatic rings. The number of ether oxygens (including phenoxy) is 2. The summed E-state index contributed by atoms with van der Waals surface area (Å²) in [6, 6.07) is 3.12. The number of hydrogen-bond acceptors (Lipinski definition) is 4. The van der Waals surface area contributed by atoms with Gasteiger partial charge in [-0.2, -0.15) is 0 Å². The van der Waals surface area contributed by atoms with E-state index in [-0.39, 0.29) is 30.5 Å². The van der Waals surface area contributed by atoms with Crippen LogP contribution in [0.3, 0.4) is 0 Å². The number of methoxy groups -OCH3 is 2. The van der Waals surface area contributed by atoms with Crippen LogP contribution in [0.25, 0.3) is 10.9 Å². The van der Waals surface area contributed by atoms with Crippen LogP contribution in [0.5, 0.6) is 5.75 Å². The number of carbonyl (C=O) groups excluding carboxylic acids is 1. The molecule has 7 heteroatoms. The Morgan fingerprint density at radius 1 is 1.29 bits per heavy atom. The number of likely N-dealkylation sites (N-methyl/N-ethyl adjacent to an activating group) is 1. The molecule has 134 valence electrons. The van der Waals surface area contributed by atoms with E-state index in [0.29, 0.717) is 6.54 Å². The minimum absolute atomic E-state index is 0. The lowest BCUT2D eigenvalue weighted by Gasteiger charge is -2.13. The molecular formula is C17H24ClFN2O3. The predicted octanol–water partition coefficient (Wildman–Crippen LogP) is 2.80. The number of carbonyl (C=O) groups is 1. The molecule has 0 fully saturated rings. The number of fused-ring (bicyclic) bond motifs is 1. The molecule has 1 aromatic heterocycles. The van der Waals surface area contributed by atoms with E-state index in [1.54, 1.807) is 6.07 Å². The summed E-state index contributed by atoms with van der Waals surface area (Å²) in [4.78, 5) is 13.8. The van der Waals surface area contributed by atoms with E-state index in [1.807, 2.05) is 25.6 Å². The SMILES string of the molecule is COC(=O)Cc1c(C)n(CCN(C)C)c2cc(F)c(OC)cc12.Cl. The van der Waals surface area contributed by atoms with Crippen LogP contribution in [0.15, 0.2) is 12.1 Å². The van der Waals surface area contributed by atoms with Gasteiger partial charge in [-0.15, -0.1) is 12.4 Å². The highest BCUT2D eigenvalue weighted by molar-refractivity contribution is 5.90. The molecule has 5 nitrogen and oxygen atoms in total. The van der Waals surface area contributed by atoms with Gasteiger partial charge in [0.2, 0.25) is 0 Å². The smallest absolute Gasteiger partial charge is 0.310 e. The van der Waals surface area contributed by atoms with Crippen LogP contribution in [0.4, 0.5) is 4.39 Å². The Morgan fingerprint density at radius 3 is 2.50 bits per heavy atom. The predicted molar refractivity (Wildman–Crippen MR) is 94.7 cm³/mol. The average Bonchev–Trinajstić information content (AvgIpc) is 2.75. The van der Waals surface area contributed by atoms with Gasteiger partial charge in [0.25, 0.3) is 0 Å². The Kier molecular flexibility index (Phi) is 7.05. The summed E-state index contributed by atoms with van der Waals surface area (Å²) in [5.74, 6) is -0.551. The van der Waals surface area contributed by atoms with Gasteiger partial charge in [-0.1, -0.05) is 0 Å². The summed E-state index contributed by atoms with van der Waals surface area (Å²) < 4.78 is 26.0. The van der Waals surface area contributed by atoms with Crippen molar-refractivity contribution in [3.8, 4) is 5.75 Å². The average molecular weight is 359 g/mol. The first-order valence-corrected chi connectivity index (χ1v) is 7.45. The molecule has 0 radical (unpaired) electrons. The van der Waals surface area contributed by atoms with Gasteiger partial charge in [-0.3, -0.25) is 4.79 Å². The standard InChI is InChI=1S/C17H23FN2O3.ClH/c1-11-12(9-17(21)23-5)13-8-16(22-4)14(18)10-15(13)20(11)7-6-19(2)3;/h8,10H,6-7,9H2,1-5H3;1H. The maximum atomic E-state index is 14.1. The molecule has 0 N–H and O–H groups in total. The largest absolute Gasteiger partial charge is 0.494 e. The van der Waals surface area contributed by atoms with Gasteiger partial charge in [-0.05, 0) is 32.6 Å². The number of aromatic nitrogens is 1. The quantitative estimate of drug-likeness (QED) is 0.745. The zero-order valence-corrected chi connectivity index (χ0v) is 15.5. The normalized spacial score (nSPS) is 10.8. The maximum absolute atomic E-state index is 14.1. The minimum Gasteiger partial charge on any atom is -0.494 e. The van der Waals surface area contributed by atoms with E-state index in [1.165, 1.54) is 20.3 Å². The summed E-state index contributed by atoms with van der Waals surface area (Å²) in [5, 5.41) is 0.824. The van der Waals surface area contributed by atoms with Crippen LogP contribution in [0, 0.1) is 12.7 Å². The van der Waals surface area contributed by atoms with Crippen LogP contribution < -0.4 is 4.74 Å². The second-order valence-electron chi connectivity index (χ2n) is 5.78. The molecule has 0 aliphatic carbocycles. The van der Waals surface area contributed by atoms with Crippen molar-refractivity contribution in [1.29, 1.82) is 0 Å². The third-order valence-electron chi connectivity index (χ3n) is 4.05. The fourth-order valence-electron chi connectivity index (χ4n) is 2.73. The Hall–Kier alpha value is -1.79. The maximum Gasteiger partial charge on any atom is 0.310 e. The van der Waals surface area contributed by atoms with Crippen LogP contribution in [-0.2, 0) is 22.5 Å². The van der Waals surface area contributed by atoms with Crippen LogP contribution in [-0.4, -0.2) is 50.3 Å². The van der Waals surface area contributed by atoms with Gasteiger partial charge in [0.05, 0.1) is 26.2 Å². The topological polar surface area (TPSA) is 43.7 Å². The molecule has 0 aliphatic heterocycles. The summed E-state index contributed by atoms with van der Waals surface area (Å²) in [7, 11) is 6.77. The van der Waals surface area contributed by atoms with Gasteiger partial charge in [0.15, 0.2) is 11.6 Å². The summed E-state index contributed by atoms with van der Waals surface area (Å²) in [5.41, 5.74) is 2.56. The lowest BCUT2D eigenvalue weighted by Crippen LogP contribution is -2.19. The fraction of sp³-hybridized carbons (Fsp3) is 0.471. The van der Waals surface area contributed by atoms with Crippen LogP contribution >= 0.6 is 12.4 Å². The number of hydrogen-bond donors (Lipinski definition) is 0. The minimum atomic E-state index is -0.409. The van der Waals surface area contributed by atoms with E-state index in [4.69, 9.17) is 9.47 Å². The molecule has 0 unspecified atom stereocenters. The first kappa shape index (κ1) is 20.3. The lowest BCUT2D eigenvalue weighted by molar-refractivity contribution is -0.139. The van der Waals surface area contributed by atoms with Crippen molar-refractivity contribution in [2.75, 3.05) is 34.9 Å². The molecule has 0 saturated heterocycles. The van der Waals surface area contributed by atoms with Gasteiger partial charge < -0.3 is 18.9 Å². The van der Waals surface area contributed by atoms with Crippen molar-refractivity contribution < 1.29 is 18.7 Å². The molecular weight excluding hydrogens is 335 g/mol. The zero-order chi connectivity index (χ0) is 17.1. The number of benzene rings is 1. The highest BCUT2D eigenvalue weighted by atomic mass is 35.5. The number of nitrogens with zero attached hydrogens (tertiary/aromatic N) is 2. The second-order valence-corrected chi connectivity index (χ2v) is 5.78. The van der Waals surface area contributed by atoms with Gasteiger partial charge in [-0.25, -0.2) is 4.39 Å². The fourth-order valence-corrected chi connectivity index (χ4v) is 2.73. The molecule has 2 rings (SSSR count). The van der Waals surface area contributed by atoms with Crippen molar-refractivity contribution in [2.45, 2.75) is 19.9 Å². The van der Waals surface area contributed by atoms with E-state index in [2.05, 4.69) is 4.90 Å². The molecule has 0 amide bonds. The Labute approximate surface area is 147 Å². The van der Waals surface area contributed by atoms with E-state index >= 15 is 0 Å². The van der Waals surface area contributed by atoms with Gasteiger partial charge in [0.1, 0.15) is 0 Å². The van der Waals surface area contributed by atoms with Crippen LogP contribution in [0.1, 0.15) is 11.3 Å². The molecule has 0 spiro atoms. The first-order chi connectivity index (χ1) is 10.9. The van der Waals surface area contributed by atoms with Crippen molar-refractivity contribution in [1.82, 2.24) is 9.47 Å². The van der Waals surface area contributed by atoms with Crippen molar-refractivity contribution >= 4 is 29.3 Å². The Morgan fingerprint density at radius 2 is 1.96 bits per heavy atom. The molecule has 1 heterocycles. The van der Waals surface area contributed by atoms with E-state index < -0.39 is 5.82 Å². The van der Waals surface area contributed by atoms with Crippen molar-refractivity contribution in [3.63, 3.8) is 0 Å². The van der Waals surface area contributed by atoms with Crippen LogP contribution in [0.2, 0.25) is 0 Å². The highest BCUT2D eigenvalue weighted by Crippen LogP contribution is 2.32. The molecule has 0 saturated carbocycles. The summed E-state index contributed by atoms with van der Waals surface area (Å²) in [6.45, 7) is 3.47. The number of halogens is 2. The summed E-state index contributed by atoms with van der Waals surface area (Å²) in [6.07, 6.45) is 0.155. The summed E-state index contributed by atoms with van der Waals surface area (Å²) >= 11 is 0. The monoisotopic (exact) mass is 358 g/mol. The van der Waals surface area contributed by atoms with E-state index in [9.17, 15) is 9.18 Å². The third kappa shape index (κ3) is 3.99. The van der Waals surface area contributed by atoms with Crippen molar-refractivity contribution in [2.24, 2.45) is 0 Å². The molecule has 0 bridgehead atoms. The van der Waals surface area contributed by atoms with Gasteiger partial charge >= 0.3 is 5.97 Å².